The molecule has 5 nitrogen and oxygen atoms in total. The Morgan fingerprint density at radius 3 is 2.82 bits per heavy atom. The van der Waals surface area contributed by atoms with E-state index in [-0.39, 0.29) is 6.04 Å². The third-order valence-corrected chi connectivity index (χ3v) is 6.54. The molecule has 1 aromatic carbocycles. The van der Waals surface area contributed by atoms with Gasteiger partial charge in [-0.05, 0) is 55.9 Å². The van der Waals surface area contributed by atoms with Crippen LogP contribution in [0.4, 0.5) is 0 Å². The summed E-state index contributed by atoms with van der Waals surface area (Å²) in [4.78, 5) is 15.8. The van der Waals surface area contributed by atoms with Gasteiger partial charge in [-0.3, -0.25) is 9.88 Å². The van der Waals surface area contributed by atoms with E-state index in [1.54, 1.807) is 0 Å². The molecule has 2 aromatic heterocycles. The molecule has 0 aliphatic heterocycles. The predicted molar refractivity (Wildman–Crippen MR) is 112 cm³/mol. The molecule has 2 aliphatic rings. The molecule has 1 unspecified atom stereocenters. The summed E-state index contributed by atoms with van der Waals surface area (Å²) in [6.45, 7) is 0.799. The largest absolute Gasteiger partial charge is 0.341 e. The fraction of sp³-hybridized carbons (Fsp3) is 0.478. The Morgan fingerprint density at radius 1 is 1.04 bits per heavy atom. The highest BCUT2D eigenvalue weighted by atomic mass is 15.2. The fourth-order valence-corrected chi connectivity index (χ4v) is 5.17. The highest BCUT2D eigenvalue weighted by Gasteiger charge is 2.36. The van der Waals surface area contributed by atoms with E-state index in [1.807, 2.05) is 12.3 Å². The van der Waals surface area contributed by atoms with Crippen LogP contribution in [0, 0.1) is 0 Å². The van der Waals surface area contributed by atoms with Crippen LogP contribution in [-0.2, 0) is 13.0 Å². The quantitative estimate of drug-likeness (QED) is 0.720. The molecule has 3 N–H and O–H groups in total. The third-order valence-electron chi connectivity index (χ3n) is 6.54. The van der Waals surface area contributed by atoms with Gasteiger partial charge in [0.1, 0.15) is 5.82 Å². The normalized spacial score (nSPS) is 25.1. The standard InChI is InChI=1S/C23H29N5/c24-17-9-1-4-12-20(17)28(15-22-26-18-10-2-3-11-19(18)27-22)21-13-5-7-16-8-6-14-25-23(16)21/h2-3,6,8,10-11,14,17,20-21H,1,4-5,7,9,12-13,15,24H2,(H,26,27)/t17-,20-,21?/m1/s1. The van der Waals surface area contributed by atoms with Gasteiger partial charge < -0.3 is 10.7 Å². The van der Waals surface area contributed by atoms with Crippen LogP contribution in [0.25, 0.3) is 11.0 Å². The first-order valence-electron chi connectivity index (χ1n) is 10.7. The molecule has 28 heavy (non-hydrogen) atoms. The summed E-state index contributed by atoms with van der Waals surface area (Å²) in [6, 6.07) is 13.5. The lowest BCUT2D eigenvalue weighted by molar-refractivity contribution is 0.0671. The molecule has 0 amide bonds. The molecule has 3 aromatic rings. The summed E-state index contributed by atoms with van der Waals surface area (Å²) in [5, 5.41) is 0. The minimum absolute atomic E-state index is 0.229. The molecule has 5 heteroatoms. The molecule has 2 heterocycles. The first kappa shape index (κ1) is 17.8. The average Bonchev–Trinajstić information content (AvgIpc) is 3.15. The van der Waals surface area contributed by atoms with Crippen molar-refractivity contribution in [3.8, 4) is 0 Å². The zero-order chi connectivity index (χ0) is 18.9. The zero-order valence-corrected chi connectivity index (χ0v) is 16.3. The maximum Gasteiger partial charge on any atom is 0.121 e. The van der Waals surface area contributed by atoms with Crippen molar-refractivity contribution in [2.75, 3.05) is 0 Å². The van der Waals surface area contributed by atoms with Gasteiger partial charge in [0.15, 0.2) is 0 Å². The summed E-state index contributed by atoms with van der Waals surface area (Å²) < 4.78 is 0. The van der Waals surface area contributed by atoms with Crippen molar-refractivity contribution >= 4 is 11.0 Å². The Hall–Kier alpha value is -2.24. The van der Waals surface area contributed by atoms with Gasteiger partial charge >= 0.3 is 0 Å². The second-order valence-corrected chi connectivity index (χ2v) is 8.34. The van der Waals surface area contributed by atoms with Gasteiger partial charge in [-0.1, -0.05) is 31.0 Å². The van der Waals surface area contributed by atoms with E-state index < -0.39 is 0 Å². The third kappa shape index (κ3) is 3.33. The van der Waals surface area contributed by atoms with Crippen molar-refractivity contribution in [3.63, 3.8) is 0 Å². The van der Waals surface area contributed by atoms with Gasteiger partial charge in [0, 0.05) is 18.3 Å². The van der Waals surface area contributed by atoms with Gasteiger partial charge in [0.2, 0.25) is 0 Å². The van der Waals surface area contributed by atoms with Crippen molar-refractivity contribution in [1.82, 2.24) is 19.9 Å². The van der Waals surface area contributed by atoms with Gasteiger partial charge in [0.25, 0.3) is 0 Å². The lowest BCUT2D eigenvalue weighted by Gasteiger charge is -2.44. The van der Waals surface area contributed by atoms with Gasteiger partial charge in [0.05, 0.1) is 29.3 Å². The number of aromatic amines is 1. The Bertz CT molecular complexity index is 916. The van der Waals surface area contributed by atoms with Crippen molar-refractivity contribution in [3.05, 3.63) is 59.7 Å². The number of aromatic nitrogens is 3. The average molecular weight is 376 g/mol. The van der Waals surface area contributed by atoms with Crippen molar-refractivity contribution < 1.29 is 0 Å². The van der Waals surface area contributed by atoms with E-state index in [0.29, 0.717) is 12.1 Å². The fourth-order valence-electron chi connectivity index (χ4n) is 5.17. The molecule has 0 saturated heterocycles. The first-order chi connectivity index (χ1) is 13.8. The Morgan fingerprint density at radius 2 is 1.93 bits per heavy atom. The van der Waals surface area contributed by atoms with Crippen LogP contribution in [0.15, 0.2) is 42.6 Å². The molecule has 0 bridgehead atoms. The van der Waals surface area contributed by atoms with Crippen LogP contribution < -0.4 is 5.73 Å². The summed E-state index contributed by atoms with van der Waals surface area (Å²) >= 11 is 0. The Labute approximate surface area is 166 Å². The number of imidazole rings is 1. The highest BCUT2D eigenvalue weighted by Crippen LogP contribution is 2.37. The summed E-state index contributed by atoms with van der Waals surface area (Å²) in [7, 11) is 0. The molecule has 3 atom stereocenters. The topological polar surface area (TPSA) is 70.8 Å². The van der Waals surface area contributed by atoms with Crippen molar-refractivity contribution in [2.45, 2.75) is 69.6 Å². The molecule has 1 fully saturated rings. The second kappa shape index (κ2) is 7.64. The number of nitrogens with zero attached hydrogens (tertiary/aromatic N) is 3. The molecule has 0 spiro atoms. The second-order valence-electron chi connectivity index (χ2n) is 8.34. The highest BCUT2D eigenvalue weighted by molar-refractivity contribution is 5.74. The number of aryl methyl sites for hydroxylation is 1. The summed E-state index contributed by atoms with van der Waals surface area (Å²) in [5.41, 5.74) is 11.4. The lowest BCUT2D eigenvalue weighted by atomic mass is 9.85. The van der Waals surface area contributed by atoms with E-state index >= 15 is 0 Å². The number of rotatable bonds is 4. The number of para-hydroxylation sites is 2. The van der Waals surface area contributed by atoms with Crippen LogP contribution in [0.5, 0.6) is 0 Å². The van der Waals surface area contributed by atoms with E-state index in [9.17, 15) is 0 Å². The number of benzene rings is 1. The first-order valence-corrected chi connectivity index (χ1v) is 10.7. The minimum atomic E-state index is 0.229. The molecular weight excluding hydrogens is 346 g/mol. The van der Waals surface area contributed by atoms with Crippen LogP contribution in [0.3, 0.4) is 0 Å². The van der Waals surface area contributed by atoms with E-state index in [2.05, 4.69) is 40.2 Å². The Balaban J connectivity index is 1.52. The molecule has 2 aliphatic carbocycles. The molecule has 1 saturated carbocycles. The molecule has 146 valence electrons. The zero-order valence-electron chi connectivity index (χ0n) is 16.3. The van der Waals surface area contributed by atoms with Crippen LogP contribution >= 0.6 is 0 Å². The number of fused-ring (bicyclic) bond motifs is 2. The van der Waals surface area contributed by atoms with E-state index in [1.165, 1.54) is 36.9 Å². The van der Waals surface area contributed by atoms with Crippen molar-refractivity contribution in [2.24, 2.45) is 5.73 Å². The number of hydrogen-bond acceptors (Lipinski definition) is 4. The Kier molecular flexibility index (Phi) is 4.87. The minimum Gasteiger partial charge on any atom is -0.341 e. The van der Waals surface area contributed by atoms with E-state index in [0.717, 1.165) is 42.7 Å². The number of H-pyrrole nitrogens is 1. The van der Waals surface area contributed by atoms with Crippen LogP contribution in [0.2, 0.25) is 0 Å². The van der Waals surface area contributed by atoms with E-state index in [4.69, 9.17) is 15.7 Å². The van der Waals surface area contributed by atoms with Gasteiger partial charge in [-0.25, -0.2) is 4.98 Å². The number of hydrogen-bond donors (Lipinski definition) is 2. The summed E-state index contributed by atoms with van der Waals surface area (Å²) in [6.07, 6.45) is 10.2. The monoisotopic (exact) mass is 375 g/mol. The molecular formula is C23H29N5. The lowest BCUT2D eigenvalue weighted by Crippen LogP contribution is -2.51. The SMILES string of the molecule is N[C@@H]1CCCC[C@H]1N(Cc1nc2ccccc2[nH]1)C1CCCc2cccnc21. The molecule has 0 radical (unpaired) electrons. The van der Waals surface area contributed by atoms with Crippen LogP contribution in [0.1, 0.15) is 61.6 Å². The maximum atomic E-state index is 6.64. The number of pyridine rings is 1. The van der Waals surface area contributed by atoms with Crippen LogP contribution in [-0.4, -0.2) is 31.9 Å². The summed E-state index contributed by atoms with van der Waals surface area (Å²) in [5.74, 6) is 1.03. The van der Waals surface area contributed by atoms with Gasteiger partial charge in [-0.2, -0.15) is 0 Å². The number of nitrogens with two attached hydrogens (primary N) is 1. The van der Waals surface area contributed by atoms with Crippen molar-refractivity contribution in [1.29, 1.82) is 0 Å². The predicted octanol–water partition coefficient (Wildman–Crippen LogP) is 4.11. The van der Waals surface area contributed by atoms with Gasteiger partial charge in [-0.15, -0.1) is 0 Å². The molecule has 5 rings (SSSR count). The smallest absolute Gasteiger partial charge is 0.121 e. The maximum absolute atomic E-state index is 6.64. The number of nitrogens with one attached hydrogen (secondary N) is 1.